The highest BCUT2D eigenvalue weighted by molar-refractivity contribution is 7.89. The van der Waals surface area contributed by atoms with E-state index in [1.807, 2.05) is 19.2 Å². The van der Waals surface area contributed by atoms with Crippen molar-refractivity contribution in [2.45, 2.75) is 62.4 Å². The fourth-order valence-electron chi connectivity index (χ4n) is 4.59. The van der Waals surface area contributed by atoms with Gasteiger partial charge in [0.25, 0.3) is 5.91 Å². The van der Waals surface area contributed by atoms with Crippen LogP contribution in [0.4, 0.5) is 0 Å². The molecule has 2 aliphatic carbocycles. The van der Waals surface area contributed by atoms with E-state index in [2.05, 4.69) is 20.1 Å². The maximum absolute atomic E-state index is 12.9. The summed E-state index contributed by atoms with van der Waals surface area (Å²) < 4.78 is 30.1. The van der Waals surface area contributed by atoms with Gasteiger partial charge < -0.3 is 5.32 Å². The standard InChI is InChI=1S/C22H25N5O3S/c1-14-11-23-21-19(12-24-27(21)13-14)22(28)25-20-9-7-15-6-8-17(10-18(15)20)31(29,30)26-16-4-2-3-5-16/h6,8,10-13,16,20,26H,2-5,7,9H2,1H3,(H,25,28)/t20-/m1/s1. The zero-order valence-corrected chi connectivity index (χ0v) is 18.2. The van der Waals surface area contributed by atoms with E-state index >= 15 is 0 Å². The Morgan fingerprint density at radius 3 is 2.77 bits per heavy atom. The Balaban J connectivity index is 1.38. The number of hydrogen-bond acceptors (Lipinski definition) is 5. The molecule has 2 N–H and O–H groups in total. The van der Waals surface area contributed by atoms with E-state index in [1.54, 1.807) is 22.8 Å². The van der Waals surface area contributed by atoms with E-state index in [9.17, 15) is 13.2 Å². The first-order valence-electron chi connectivity index (χ1n) is 10.7. The molecule has 1 aromatic carbocycles. The summed E-state index contributed by atoms with van der Waals surface area (Å²) >= 11 is 0. The third-order valence-electron chi connectivity index (χ3n) is 6.22. The topological polar surface area (TPSA) is 105 Å². The molecule has 1 fully saturated rings. The smallest absolute Gasteiger partial charge is 0.257 e. The minimum Gasteiger partial charge on any atom is -0.345 e. The molecule has 3 aromatic rings. The predicted octanol–water partition coefficient (Wildman–Crippen LogP) is 2.68. The first-order valence-corrected chi connectivity index (χ1v) is 12.1. The number of carbonyl (C=O) groups excluding carboxylic acids is 1. The molecule has 31 heavy (non-hydrogen) atoms. The van der Waals surface area contributed by atoms with Crippen LogP contribution in [-0.2, 0) is 16.4 Å². The number of benzene rings is 1. The number of carbonyl (C=O) groups is 1. The van der Waals surface area contributed by atoms with Gasteiger partial charge in [0, 0.05) is 18.4 Å². The molecule has 0 spiro atoms. The molecule has 0 aliphatic heterocycles. The van der Waals surface area contributed by atoms with Crippen LogP contribution in [0.15, 0.2) is 41.7 Å². The van der Waals surface area contributed by atoms with Gasteiger partial charge in [0.2, 0.25) is 10.0 Å². The molecule has 9 heteroatoms. The zero-order chi connectivity index (χ0) is 21.6. The van der Waals surface area contributed by atoms with Gasteiger partial charge in [-0.3, -0.25) is 4.79 Å². The van der Waals surface area contributed by atoms with Crippen molar-refractivity contribution >= 4 is 21.6 Å². The average Bonchev–Trinajstić information content (AvgIpc) is 3.47. The highest BCUT2D eigenvalue weighted by Crippen LogP contribution is 2.33. The van der Waals surface area contributed by atoms with Gasteiger partial charge in [-0.1, -0.05) is 18.9 Å². The lowest BCUT2D eigenvalue weighted by Crippen LogP contribution is -2.33. The summed E-state index contributed by atoms with van der Waals surface area (Å²) in [6.07, 6.45) is 10.4. The van der Waals surface area contributed by atoms with Crippen molar-refractivity contribution in [1.82, 2.24) is 24.6 Å². The van der Waals surface area contributed by atoms with Crippen LogP contribution in [-0.4, -0.2) is 35.0 Å². The summed E-state index contributed by atoms with van der Waals surface area (Å²) in [7, 11) is -3.58. The molecule has 1 atom stereocenters. The molecule has 1 saturated carbocycles. The molecule has 8 nitrogen and oxygen atoms in total. The highest BCUT2D eigenvalue weighted by Gasteiger charge is 2.29. The van der Waals surface area contributed by atoms with Crippen molar-refractivity contribution in [3.8, 4) is 0 Å². The monoisotopic (exact) mass is 439 g/mol. The summed E-state index contributed by atoms with van der Waals surface area (Å²) in [5.41, 5.74) is 3.78. The molecular formula is C22H25N5O3S. The van der Waals surface area contributed by atoms with Crippen LogP contribution in [0.3, 0.4) is 0 Å². The Morgan fingerprint density at radius 2 is 1.97 bits per heavy atom. The Hall–Kier alpha value is -2.78. The van der Waals surface area contributed by atoms with Gasteiger partial charge in [-0.25, -0.2) is 22.6 Å². The van der Waals surface area contributed by atoms with Crippen LogP contribution >= 0.6 is 0 Å². The highest BCUT2D eigenvalue weighted by atomic mass is 32.2. The summed E-state index contributed by atoms with van der Waals surface area (Å²) in [4.78, 5) is 17.5. The van der Waals surface area contributed by atoms with Crippen molar-refractivity contribution in [3.05, 3.63) is 59.0 Å². The zero-order valence-electron chi connectivity index (χ0n) is 17.3. The minimum atomic E-state index is -3.58. The second kappa shape index (κ2) is 7.72. The van der Waals surface area contributed by atoms with E-state index in [1.165, 1.54) is 6.20 Å². The number of aromatic nitrogens is 3. The first-order chi connectivity index (χ1) is 14.9. The van der Waals surface area contributed by atoms with Crippen LogP contribution < -0.4 is 10.0 Å². The number of fused-ring (bicyclic) bond motifs is 2. The summed E-state index contributed by atoms with van der Waals surface area (Å²) in [5, 5.41) is 7.27. The minimum absolute atomic E-state index is 0.0144. The number of sulfonamides is 1. The van der Waals surface area contributed by atoms with Crippen LogP contribution in [0.25, 0.3) is 5.65 Å². The molecule has 1 amide bonds. The number of rotatable bonds is 5. The van der Waals surface area contributed by atoms with E-state index in [0.717, 1.165) is 55.2 Å². The molecule has 0 unspecified atom stereocenters. The van der Waals surface area contributed by atoms with Crippen molar-refractivity contribution in [2.75, 3.05) is 0 Å². The van der Waals surface area contributed by atoms with Crippen molar-refractivity contribution in [2.24, 2.45) is 0 Å². The second-order valence-electron chi connectivity index (χ2n) is 8.49. The lowest BCUT2D eigenvalue weighted by atomic mass is 10.1. The Labute approximate surface area is 181 Å². The fraction of sp³-hybridized carbons (Fsp3) is 0.409. The molecular weight excluding hydrogens is 414 g/mol. The van der Waals surface area contributed by atoms with Crippen molar-refractivity contribution < 1.29 is 13.2 Å². The van der Waals surface area contributed by atoms with Crippen LogP contribution in [0.1, 0.15) is 65.2 Å². The average molecular weight is 440 g/mol. The molecule has 162 valence electrons. The normalized spacial score (nSPS) is 19.1. The fourth-order valence-corrected chi connectivity index (χ4v) is 5.93. The second-order valence-corrected chi connectivity index (χ2v) is 10.2. The maximum Gasteiger partial charge on any atom is 0.257 e. The third-order valence-corrected chi connectivity index (χ3v) is 7.74. The van der Waals surface area contributed by atoms with Crippen LogP contribution in [0, 0.1) is 6.92 Å². The number of hydrogen-bond donors (Lipinski definition) is 2. The maximum atomic E-state index is 12.9. The number of aryl methyl sites for hydroxylation is 2. The summed E-state index contributed by atoms with van der Waals surface area (Å²) in [6, 6.07) is 5.01. The van der Waals surface area contributed by atoms with Gasteiger partial charge >= 0.3 is 0 Å². The van der Waals surface area contributed by atoms with Crippen LogP contribution in [0.5, 0.6) is 0 Å². The largest absolute Gasteiger partial charge is 0.345 e. The Bertz CT molecular complexity index is 1260. The lowest BCUT2D eigenvalue weighted by Gasteiger charge is -2.16. The molecule has 2 aromatic heterocycles. The van der Waals surface area contributed by atoms with Crippen molar-refractivity contribution in [3.63, 3.8) is 0 Å². The third kappa shape index (κ3) is 3.83. The number of amides is 1. The van der Waals surface area contributed by atoms with Crippen LogP contribution in [0.2, 0.25) is 0 Å². The number of nitrogens with one attached hydrogen (secondary N) is 2. The van der Waals surface area contributed by atoms with Gasteiger partial charge in [0.1, 0.15) is 5.56 Å². The summed E-state index contributed by atoms with van der Waals surface area (Å²) in [5.74, 6) is -0.262. The van der Waals surface area contributed by atoms with E-state index in [-0.39, 0.29) is 22.9 Å². The van der Waals surface area contributed by atoms with Gasteiger partial charge in [-0.05, 0) is 61.4 Å². The molecule has 2 aliphatic rings. The van der Waals surface area contributed by atoms with E-state index < -0.39 is 10.0 Å². The number of nitrogens with zero attached hydrogens (tertiary/aromatic N) is 3. The molecule has 0 radical (unpaired) electrons. The van der Waals surface area contributed by atoms with Gasteiger partial charge in [-0.2, -0.15) is 5.10 Å². The Kier molecular flexibility index (Phi) is 5.02. The van der Waals surface area contributed by atoms with E-state index in [0.29, 0.717) is 11.2 Å². The molecule has 5 rings (SSSR count). The van der Waals surface area contributed by atoms with E-state index in [4.69, 9.17) is 0 Å². The first kappa shape index (κ1) is 20.1. The van der Waals surface area contributed by atoms with Crippen molar-refractivity contribution in [1.29, 1.82) is 0 Å². The Morgan fingerprint density at radius 1 is 1.16 bits per heavy atom. The summed E-state index contributed by atoms with van der Waals surface area (Å²) in [6.45, 7) is 1.91. The quantitative estimate of drug-likeness (QED) is 0.636. The van der Waals surface area contributed by atoms with Gasteiger partial charge in [0.15, 0.2) is 5.65 Å². The molecule has 0 bridgehead atoms. The SMILES string of the molecule is Cc1cnc2c(C(=O)N[C@@H]3CCc4ccc(S(=O)(=O)NC5CCCC5)cc43)cnn2c1. The van der Waals surface area contributed by atoms with Gasteiger partial charge in [0.05, 0.1) is 17.1 Å². The molecule has 0 saturated heterocycles. The predicted molar refractivity (Wildman–Crippen MR) is 115 cm³/mol. The molecule has 2 heterocycles. The van der Waals surface area contributed by atoms with Gasteiger partial charge in [-0.15, -0.1) is 0 Å². The lowest BCUT2D eigenvalue weighted by molar-refractivity contribution is 0.0938.